The van der Waals surface area contributed by atoms with Gasteiger partial charge >= 0.3 is 12.3 Å². The Labute approximate surface area is 244 Å². The minimum atomic E-state index is -4.95. The van der Waals surface area contributed by atoms with Crippen LogP contribution in [0.4, 0.5) is 18.3 Å². The number of aryl methyl sites for hydroxylation is 1. The molecule has 0 spiro atoms. The molecule has 0 radical (unpaired) electrons. The standard InChI is InChI=1S/C26H28F3N5O6S2/c1-15(2)20-9-4-17(12-30-20)13-31-23(35)21-14-33(25-32-16(3)22(41-25)24(36)37)10-11-34(21)42(38,39)19-7-5-18(6-8-19)40-26(27,28)29/h4-9,12,15,21H,10-11,13-14H2,1-3H3,(H,31,35)(H,36,37). The quantitative estimate of drug-likeness (QED) is 0.363. The van der Waals surface area contributed by atoms with Crippen molar-refractivity contribution in [2.24, 2.45) is 0 Å². The summed E-state index contributed by atoms with van der Waals surface area (Å²) < 4.78 is 69.8. The summed E-state index contributed by atoms with van der Waals surface area (Å²) in [4.78, 5) is 35.0. The molecule has 16 heteroatoms. The highest BCUT2D eigenvalue weighted by atomic mass is 32.2. The number of alkyl halides is 3. The van der Waals surface area contributed by atoms with Crippen molar-refractivity contribution >= 4 is 38.4 Å². The van der Waals surface area contributed by atoms with Crippen molar-refractivity contribution < 1.29 is 41.0 Å². The summed E-state index contributed by atoms with van der Waals surface area (Å²) in [6.07, 6.45) is -3.33. The first-order valence-electron chi connectivity index (χ1n) is 12.7. The number of carboxylic acid groups (broad SMARTS) is 1. The second kappa shape index (κ2) is 12.2. The monoisotopic (exact) mass is 627 g/mol. The fraction of sp³-hybridized carbons (Fsp3) is 0.385. The molecule has 1 fully saturated rings. The average molecular weight is 628 g/mol. The van der Waals surface area contributed by atoms with Crippen molar-refractivity contribution in [3.05, 3.63) is 64.4 Å². The first-order valence-corrected chi connectivity index (χ1v) is 15.0. The van der Waals surface area contributed by atoms with E-state index in [9.17, 15) is 36.3 Å². The van der Waals surface area contributed by atoms with Crippen LogP contribution in [-0.2, 0) is 21.4 Å². The summed E-state index contributed by atoms with van der Waals surface area (Å²) in [6.45, 7) is 5.37. The molecule has 0 bridgehead atoms. The number of sulfonamides is 1. The number of nitrogens with zero attached hydrogens (tertiary/aromatic N) is 4. The number of anilines is 1. The number of aromatic nitrogens is 2. The predicted octanol–water partition coefficient (Wildman–Crippen LogP) is 3.76. The number of amides is 1. The molecule has 1 atom stereocenters. The minimum absolute atomic E-state index is 0.0274. The van der Waals surface area contributed by atoms with Gasteiger partial charge in [0.15, 0.2) is 5.13 Å². The molecule has 3 aromatic rings. The topological polar surface area (TPSA) is 142 Å². The van der Waals surface area contributed by atoms with E-state index in [-0.39, 0.29) is 47.6 Å². The van der Waals surface area contributed by atoms with Gasteiger partial charge in [-0.3, -0.25) is 9.78 Å². The zero-order valence-electron chi connectivity index (χ0n) is 22.8. The number of carbonyl (C=O) groups excluding carboxylic acids is 1. The van der Waals surface area contributed by atoms with Crippen LogP contribution in [0.1, 0.15) is 46.4 Å². The zero-order valence-corrected chi connectivity index (χ0v) is 24.4. The van der Waals surface area contributed by atoms with Gasteiger partial charge in [0, 0.05) is 38.1 Å². The smallest absolute Gasteiger partial charge is 0.477 e. The maximum atomic E-state index is 13.6. The Morgan fingerprint density at radius 3 is 2.40 bits per heavy atom. The Morgan fingerprint density at radius 1 is 1.17 bits per heavy atom. The van der Waals surface area contributed by atoms with Gasteiger partial charge in [0.05, 0.1) is 10.6 Å². The first-order chi connectivity index (χ1) is 19.7. The number of carboxylic acids is 1. The van der Waals surface area contributed by atoms with Crippen molar-refractivity contribution in [2.45, 2.75) is 50.5 Å². The van der Waals surface area contributed by atoms with Crippen LogP contribution in [-0.4, -0.2) is 71.7 Å². The third kappa shape index (κ3) is 7.17. The fourth-order valence-electron chi connectivity index (χ4n) is 4.29. The molecule has 1 aromatic carbocycles. The van der Waals surface area contributed by atoms with Gasteiger partial charge in [-0.05, 0) is 48.7 Å². The SMILES string of the molecule is Cc1nc(N2CCN(S(=O)(=O)c3ccc(OC(F)(F)F)cc3)C(C(=O)NCc3ccc(C(C)C)nc3)C2)sc1C(=O)O. The molecule has 1 saturated heterocycles. The lowest BCUT2D eigenvalue weighted by molar-refractivity contribution is -0.274. The van der Waals surface area contributed by atoms with Crippen LogP contribution in [0.25, 0.3) is 0 Å². The number of thiazole rings is 1. The fourth-order valence-corrected chi connectivity index (χ4v) is 6.81. The Morgan fingerprint density at radius 2 is 1.86 bits per heavy atom. The number of halogens is 3. The van der Waals surface area contributed by atoms with Gasteiger partial charge in [0.2, 0.25) is 15.9 Å². The molecule has 1 amide bonds. The predicted molar refractivity (Wildman–Crippen MR) is 147 cm³/mol. The molecule has 0 aliphatic carbocycles. The van der Waals surface area contributed by atoms with E-state index in [2.05, 4.69) is 20.0 Å². The Kier molecular flexibility index (Phi) is 9.08. The lowest BCUT2D eigenvalue weighted by atomic mass is 10.1. The normalized spacial score (nSPS) is 16.5. The van der Waals surface area contributed by atoms with Crippen LogP contribution in [0, 0.1) is 6.92 Å². The molecule has 2 N–H and O–H groups in total. The van der Waals surface area contributed by atoms with Crippen molar-refractivity contribution in [1.29, 1.82) is 0 Å². The van der Waals surface area contributed by atoms with E-state index in [1.165, 1.54) is 0 Å². The van der Waals surface area contributed by atoms with Gasteiger partial charge in [0.1, 0.15) is 16.7 Å². The highest BCUT2D eigenvalue weighted by molar-refractivity contribution is 7.89. The van der Waals surface area contributed by atoms with Gasteiger partial charge in [-0.25, -0.2) is 18.2 Å². The number of ether oxygens (including phenoxy) is 1. The van der Waals surface area contributed by atoms with Crippen LogP contribution < -0.4 is 15.0 Å². The largest absolute Gasteiger partial charge is 0.573 e. The molecule has 1 unspecified atom stereocenters. The number of pyridine rings is 1. The molecule has 1 aliphatic heterocycles. The highest BCUT2D eigenvalue weighted by Gasteiger charge is 2.41. The number of carbonyl (C=O) groups is 2. The van der Waals surface area contributed by atoms with Crippen LogP contribution in [0.3, 0.4) is 0 Å². The zero-order chi connectivity index (χ0) is 30.8. The van der Waals surface area contributed by atoms with E-state index < -0.39 is 40.1 Å². The maximum Gasteiger partial charge on any atom is 0.573 e. The van der Waals surface area contributed by atoms with Crippen LogP contribution >= 0.6 is 11.3 Å². The highest BCUT2D eigenvalue weighted by Crippen LogP contribution is 2.31. The van der Waals surface area contributed by atoms with Crippen molar-refractivity contribution in [3.63, 3.8) is 0 Å². The van der Waals surface area contributed by atoms with Crippen molar-refractivity contribution in [1.82, 2.24) is 19.6 Å². The van der Waals surface area contributed by atoms with E-state index in [1.807, 2.05) is 19.9 Å². The number of hydrogen-bond donors (Lipinski definition) is 2. The molecule has 42 heavy (non-hydrogen) atoms. The summed E-state index contributed by atoms with van der Waals surface area (Å²) in [7, 11) is -4.35. The second-order valence-electron chi connectivity index (χ2n) is 9.78. The maximum absolute atomic E-state index is 13.6. The number of rotatable bonds is 9. The summed E-state index contributed by atoms with van der Waals surface area (Å²) in [5.74, 6) is -2.15. The summed E-state index contributed by atoms with van der Waals surface area (Å²) >= 11 is 0.914. The van der Waals surface area contributed by atoms with Crippen LogP contribution in [0.5, 0.6) is 5.75 Å². The molecular weight excluding hydrogens is 599 g/mol. The minimum Gasteiger partial charge on any atom is -0.477 e. The van der Waals surface area contributed by atoms with Gasteiger partial charge in [0.25, 0.3) is 0 Å². The number of piperazine rings is 1. The van der Waals surface area contributed by atoms with Crippen molar-refractivity contribution in [2.75, 3.05) is 24.5 Å². The average Bonchev–Trinajstić information content (AvgIpc) is 3.33. The third-order valence-electron chi connectivity index (χ3n) is 6.45. The van der Waals surface area contributed by atoms with Crippen LogP contribution in [0.2, 0.25) is 0 Å². The molecule has 0 saturated carbocycles. The summed E-state index contributed by atoms with van der Waals surface area (Å²) in [6, 6.07) is 6.08. The van der Waals surface area contributed by atoms with Gasteiger partial charge in [-0.2, -0.15) is 4.31 Å². The number of hydrogen-bond acceptors (Lipinski definition) is 9. The van der Waals surface area contributed by atoms with Crippen LogP contribution in [0.15, 0.2) is 47.5 Å². The molecular formula is C26H28F3N5O6S2. The van der Waals surface area contributed by atoms with E-state index in [1.54, 1.807) is 24.1 Å². The second-order valence-corrected chi connectivity index (χ2v) is 12.6. The molecule has 3 heterocycles. The van der Waals surface area contributed by atoms with E-state index in [4.69, 9.17) is 0 Å². The van der Waals surface area contributed by atoms with Gasteiger partial charge in [-0.1, -0.05) is 31.3 Å². The van der Waals surface area contributed by atoms with Gasteiger partial charge in [-0.15, -0.1) is 13.2 Å². The van der Waals surface area contributed by atoms with E-state index in [0.717, 1.165) is 45.6 Å². The Bertz CT molecular complexity index is 1540. The molecule has 11 nitrogen and oxygen atoms in total. The molecule has 1 aliphatic rings. The lowest BCUT2D eigenvalue weighted by Gasteiger charge is -2.39. The number of nitrogens with one attached hydrogen (secondary N) is 1. The Hall–Kier alpha value is -3.76. The van der Waals surface area contributed by atoms with E-state index >= 15 is 0 Å². The Balaban J connectivity index is 1.60. The molecule has 226 valence electrons. The summed E-state index contributed by atoms with van der Waals surface area (Å²) in [5.41, 5.74) is 1.85. The van der Waals surface area contributed by atoms with E-state index in [0.29, 0.717) is 10.7 Å². The molecule has 4 rings (SSSR count). The van der Waals surface area contributed by atoms with Crippen molar-refractivity contribution in [3.8, 4) is 5.75 Å². The van der Waals surface area contributed by atoms with Gasteiger partial charge < -0.3 is 20.1 Å². The number of aromatic carboxylic acids is 1. The number of benzene rings is 1. The lowest BCUT2D eigenvalue weighted by Crippen LogP contribution is -2.60. The molecule has 2 aromatic heterocycles. The summed E-state index contributed by atoms with van der Waals surface area (Å²) in [5, 5.41) is 12.5. The third-order valence-corrected chi connectivity index (χ3v) is 9.58. The first kappa shape index (κ1) is 31.2.